The number of methoxy groups -OCH3 is 1. The topological polar surface area (TPSA) is 52.0 Å². The number of likely N-dealkylation sites (N-methyl/N-ethyl adjacent to an activating group) is 1. The number of benzene rings is 1. The lowest BCUT2D eigenvalue weighted by atomic mass is 10.0. The van der Waals surface area contributed by atoms with Crippen molar-refractivity contribution in [2.45, 2.75) is 12.5 Å². The standard InChI is InChI=1S/C13H17FN4O/c1-15-12(7-10-8-18(2)17-16-10)9-4-5-11(14)13(6-9)19-3/h4-6,8,12,15H,7H2,1-3H3. The Hall–Kier alpha value is -1.95. The fraction of sp³-hybridized carbons (Fsp3) is 0.385. The van der Waals surface area contributed by atoms with Gasteiger partial charge in [0.25, 0.3) is 0 Å². The van der Waals surface area contributed by atoms with Gasteiger partial charge in [0.2, 0.25) is 0 Å². The fourth-order valence-electron chi connectivity index (χ4n) is 1.98. The molecule has 19 heavy (non-hydrogen) atoms. The van der Waals surface area contributed by atoms with Gasteiger partial charge in [0, 0.05) is 25.7 Å². The lowest BCUT2D eigenvalue weighted by molar-refractivity contribution is 0.385. The minimum absolute atomic E-state index is 0.0335. The SMILES string of the molecule is CNC(Cc1cn(C)nn1)c1ccc(F)c(OC)c1. The number of ether oxygens (including phenoxy) is 1. The molecular formula is C13H17FN4O. The predicted molar refractivity (Wildman–Crippen MR) is 69.5 cm³/mol. The van der Waals surface area contributed by atoms with Crippen LogP contribution in [0.15, 0.2) is 24.4 Å². The van der Waals surface area contributed by atoms with Crippen LogP contribution < -0.4 is 10.1 Å². The highest BCUT2D eigenvalue weighted by molar-refractivity contribution is 5.32. The number of aromatic nitrogens is 3. The molecule has 0 spiro atoms. The molecule has 1 heterocycles. The van der Waals surface area contributed by atoms with Gasteiger partial charge in [0.05, 0.1) is 12.8 Å². The molecule has 1 N–H and O–H groups in total. The van der Waals surface area contributed by atoms with Gasteiger partial charge < -0.3 is 10.1 Å². The molecule has 0 aliphatic rings. The van der Waals surface area contributed by atoms with Crippen LogP contribution in [0.1, 0.15) is 17.3 Å². The summed E-state index contributed by atoms with van der Waals surface area (Å²) in [5.41, 5.74) is 1.83. The number of nitrogens with one attached hydrogen (secondary N) is 1. The van der Waals surface area contributed by atoms with E-state index in [-0.39, 0.29) is 17.6 Å². The van der Waals surface area contributed by atoms with Gasteiger partial charge in [-0.25, -0.2) is 4.39 Å². The zero-order valence-corrected chi connectivity index (χ0v) is 11.2. The normalized spacial score (nSPS) is 12.4. The number of hydrogen-bond donors (Lipinski definition) is 1. The molecule has 2 aromatic rings. The summed E-state index contributed by atoms with van der Waals surface area (Å²) < 4.78 is 20.1. The summed E-state index contributed by atoms with van der Waals surface area (Å²) in [7, 11) is 5.14. The lowest BCUT2D eigenvalue weighted by Gasteiger charge is -2.16. The van der Waals surface area contributed by atoms with Crippen molar-refractivity contribution < 1.29 is 9.13 Å². The summed E-state index contributed by atoms with van der Waals surface area (Å²) in [6, 6.07) is 4.89. The van der Waals surface area contributed by atoms with Gasteiger partial charge >= 0.3 is 0 Å². The van der Waals surface area contributed by atoms with E-state index in [1.165, 1.54) is 13.2 Å². The van der Waals surface area contributed by atoms with Crippen LogP contribution >= 0.6 is 0 Å². The molecule has 0 bridgehead atoms. The molecule has 1 atom stereocenters. The third-order valence-electron chi connectivity index (χ3n) is 2.99. The third kappa shape index (κ3) is 3.08. The smallest absolute Gasteiger partial charge is 0.165 e. The Balaban J connectivity index is 2.21. The predicted octanol–water partition coefficient (Wildman–Crippen LogP) is 1.47. The second-order valence-corrected chi connectivity index (χ2v) is 4.32. The van der Waals surface area contributed by atoms with Crippen molar-refractivity contribution >= 4 is 0 Å². The molecule has 1 unspecified atom stereocenters. The first-order valence-corrected chi connectivity index (χ1v) is 6.00. The van der Waals surface area contributed by atoms with E-state index in [1.807, 2.05) is 20.3 Å². The second kappa shape index (κ2) is 5.79. The van der Waals surface area contributed by atoms with Gasteiger partial charge in [-0.05, 0) is 24.7 Å². The van der Waals surface area contributed by atoms with Crippen LogP contribution in [0, 0.1) is 5.82 Å². The Morgan fingerprint density at radius 1 is 1.47 bits per heavy atom. The Kier molecular flexibility index (Phi) is 4.11. The average molecular weight is 264 g/mol. The van der Waals surface area contributed by atoms with Gasteiger partial charge in [-0.15, -0.1) is 5.10 Å². The summed E-state index contributed by atoms with van der Waals surface area (Å²) in [4.78, 5) is 0. The minimum Gasteiger partial charge on any atom is -0.494 e. The summed E-state index contributed by atoms with van der Waals surface area (Å²) in [5.74, 6) is -0.113. The second-order valence-electron chi connectivity index (χ2n) is 4.32. The van der Waals surface area contributed by atoms with E-state index in [0.717, 1.165) is 11.3 Å². The first-order valence-electron chi connectivity index (χ1n) is 6.00. The van der Waals surface area contributed by atoms with Crippen molar-refractivity contribution in [1.82, 2.24) is 20.3 Å². The van der Waals surface area contributed by atoms with Gasteiger partial charge in [0.1, 0.15) is 0 Å². The van der Waals surface area contributed by atoms with Crippen molar-refractivity contribution in [2.75, 3.05) is 14.2 Å². The average Bonchev–Trinajstić information content (AvgIpc) is 2.82. The fourth-order valence-corrected chi connectivity index (χ4v) is 1.98. The first-order chi connectivity index (χ1) is 9.13. The summed E-state index contributed by atoms with van der Waals surface area (Å²) in [5, 5.41) is 11.1. The molecule has 2 rings (SSSR count). The third-order valence-corrected chi connectivity index (χ3v) is 2.99. The van der Waals surface area contributed by atoms with Crippen LogP contribution in [0.2, 0.25) is 0 Å². The maximum Gasteiger partial charge on any atom is 0.165 e. The van der Waals surface area contributed by atoms with Crippen molar-refractivity contribution in [2.24, 2.45) is 7.05 Å². The van der Waals surface area contributed by atoms with E-state index in [0.29, 0.717) is 6.42 Å². The number of rotatable bonds is 5. The zero-order chi connectivity index (χ0) is 13.8. The summed E-state index contributed by atoms with van der Waals surface area (Å²) >= 11 is 0. The van der Waals surface area contributed by atoms with Crippen molar-refractivity contribution in [3.05, 3.63) is 41.5 Å². The van der Waals surface area contributed by atoms with Gasteiger partial charge in [-0.2, -0.15) is 0 Å². The molecular weight excluding hydrogens is 247 g/mol. The maximum atomic E-state index is 13.4. The highest BCUT2D eigenvalue weighted by Gasteiger charge is 2.14. The highest BCUT2D eigenvalue weighted by Crippen LogP contribution is 2.24. The first kappa shape index (κ1) is 13.5. The van der Waals surface area contributed by atoms with E-state index >= 15 is 0 Å². The number of aryl methyl sites for hydroxylation is 1. The van der Waals surface area contributed by atoms with Gasteiger partial charge in [-0.3, -0.25) is 4.68 Å². The van der Waals surface area contributed by atoms with E-state index in [1.54, 1.807) is 16.8 Å². The Labute approximate surface area is 111 Å². The van der Waals surface area contributed by atoms with Crippen LogP contribution in [-0.2, 0) is 13.5 Å². The number of halogens is 1. The number of nitrogens with zero attached hydrogens (tertiary/aromatic N) is 3. The monoisotopic (exact) mass is 264 g/mol. The molecule has 5 nitrogen and oxygen atoms in total. The molecule has 0 saturated heterocycles. The lowest BCUT2D eigenvalue weighted by Crippen LogP contribution is -2.19. The van der Waals surface area contributed by atoms with Crippen molar-refractivity contribution in [1.29, 1.82) is 0 Å². The van der Waals surface area contributed by atoms with Crippen LogP contribution in [0.3, 0.4) is 0 Å². The van der Waals surface area contributed by atoms with E-state index in [9.17, 15) is 4.39 Å². The number of hydrogen-bond acceptors (Lipinski definition) is 4. The molecule has 0 radical (unpaired) electrons. The van der Waals surface area contributed by atoms with Crippen LogP contribution in [0.4, 0.5) is 4.39 Å². The van der Waals surface area contributed by atoms with E-state index in [4.69, 9.17) is 4.74 Å². The van der Waals surface area contributed by atoms with Crippen LogP contribution in [0.25, 0.3) is 0 Å². The van der Waals surface area contributed by atoms with E-state index in [2.05, 4.69) is 15.6 Å². The van der Waals surface area contributed by atoms with Crippen molar-refractivity contribution in [3.8, 4) is 5.75 Å². The van der Waals surface area contributed by atoms with Crippen LogP contribution in [0.5, 0.6) is 5.75 Å². The van der Waals surface area contributed by atoms with Gasteiger partial charge in [0.15, 0.2) is 11.6 Å². The Morgan fingerprint density at radius 2 is 2.26 bits per heavy atom. The molecule has 6 heteroatoms. The Bertz CT molecular complexity index is 555. The molecule has 1 aromatic carbocycles. The molecule has 102 valence electrons. The highest BCUT2D eigenvalue weighted by atomic mass is 19.1. The van der Waals surface area contributed by atoms with Crippen molar-refractivity contribution in [3.63, 3.8) is 0 Å². The molecule has 0 amide bonds. The molecule has 0 aliphatic carbocycles. The van der Waals surface area contributed by atoms with Gasteiger partial charge in [-0.1, -0.05) is 11.3 Å². The molecule has 0 aliphatic heterocycles. The molecule has 0 fully saturated rings. The quantitative estimate of drug-likeness (QED) is 0.888. The van der Waals surface area contributed by atoms with Crippen LogP contribution in [-0.4, -0.2) is 29.2 Å². The zero-order valence-electron chi connectivity index (χ0n) is 11.2. The minimum atomic E-state index is -0.361. The van der Waals surface area contributed by atoms with E-state index < -0.39 is 0 Å². The molecule has 1 aromatic heterocycles. The largest absolute Gasteiger partial charge is 0.494 e. The Morgan fingerprint density at radius 3 is 2.84 bits per heavy atom. The summed E-state index contributed by atoms with van der Waals surface area (Å²) in [6.45, 7) is 0. The maximum absolute atomic E-state index is 13.4. The summed E-state index contributed by atoms with van der Waals surface area (Å²) in [6.07, 6.45) is 2.55. The molecule has 0 saturated carbocycles.